The van der Waals surface area contributed by atoms with E-state index in [0.717, 1.165) is 18.5 Å². The molecule has 2 N–H and O–H groups in total. The maximum atomic E-state index is 13.4. The summed E-state index contributed by atoms with van der Waals surface area (Å²) in [7, 11) is 0. The van der Waals surface area contributed by atoms with E-state index < -0.39 is 5.92 Å². The lowest BCUT2D eigenvalue weighted by Crippen LogP contribution is -2.41. The van der Waals surface area contributed by atoms with Gasteiger partial charge >= 0.3 is 0 Å². The van der Waals surface area contributed by atoms with Gasteiger partial charge in [0.15, 0.2) is 5.65 Å². The standard InChI is InChI=1S/C23H24N6O3/c1-13-10-20(30)29-19(24-13)11-18(27-29)15-6-5-9-28(12-15)23(32)14(2)21-16-7-3-4-8-17(16)22(31)26-25-21/h3-4,7-8,10-11,14-15,27H,5-6,9,12H2,1-2H3,(H,26,31). The summed E-state index contributed by atoms with van der Waals surface area (Å²) in [6, 6.07) is 10.6. The summed E-state index contributed by atoms with van der Waals surface area (Å²) in [6.45, 7) is 4.84. The molecule has 4 aromatic rings. The van der Waals surface area contributed by atoms with Crippen molar-refractivity contribution >= 4 is 22.3 Å². The van der Waals surface area contributed by atoms with Crippen LogP contribution in [0.4, 0.5) is 0 Å². The highest BCUT2D eigenvalue weighted by molar-refractivity contribution is 5.91. The second kappa shape index (κ2) is 7.74. The molecule has 0 spiro atoms. The molecule has 1 saturated heterocycles. The number of carbonyl (C=O) groups excluding carboxylic acids is 1. The van der Waals surface area contributed by atoms with Crippen molar-refractivity contribution in [3.05, 3.63) is 74.2 Å². The molecule has 1 amide bonds. The maximum absolute atomic E-state index is 13.4. The van der Waals surface area contributed by atoms with Gasteiger partial charge in [0, 0.05) is 47.9 Å². The third kappa shape index (κ3) is 3.39. The monoisotopic (exact) mass is 432 g/mol. The van der Waals surface area contributed by atoms with Crippen molar-refractivity contribution in [3.63, 3.8) is 0 Å². The smallest absolute Gasteiger partial charge is 0.272 e. The van der Waals surface area contributed by atoms with E-state index in [1.54, 1.807) is 19.1 Å². The zero-order valence-corrected chi connectivity index (χ0v) is 18.0. The Hall–Kier alpha value is -3.75. The fourth-order valence-corrected chi connectivity index (χ4v) is 4.63. The van der Waals surface area contributed by atoms with E-state index >= 15 is 0 Å². The average Bonchev–Trinajstić information content (AvgIpc) is 3.23. The number of amides is 1. The molecule has 9 nitrogen and oxygen atoms in total. The molecule has 1 aromatic carbocycles. The lowest BCUT2D eigenvalue weighted by molar-refractivity contribution is -0.133. The molecule has 5 rings (SSSR count). The first-order valence-corrected chi connectivity index (χ1v) is 10.8. The first kappa shape index (κ1) is 20.2. The Morgan fingerprint density at radius 2 is 1.97 bits per heavy atom. The lowest BCUT2D eigenvalue weighted by Gasteiger charge is -2.34. The molecule has 2 atom stereocenters. The minimum Gasteiger partial charge on any atom is -0.341 e. The molecule has 1 fully saturated rings. The summed E-state index contributed by atoms with van der Waals surface area (Å²) in [5, 5.41) is 11.1. The van der Waals surface area contributed by atoms with Gasteiger partial charge in [-0.2, -0.15) is 5.10 Å². The van der Waals surface area contributed by atoms with Crippen LogP contribution in [0.25, 0.3) is 16.4 Å². The van der Waals surface area contributed by atoms with Crippen LogP contribution in [0.15, 0.2) is 46.0 Å². The Morgan fingerprint density at radius 3 is 2.78 bits per heavy atom. The Labute approximate surface area is 183 Å². The molecular weight excluding hydrogens is 408 g/mol. The third-order valence-corrected chi connectivity index (χ3v) is 6.28. The molecule has 0 bridgehead atoms. The Morgan fingerprint density at radius 1 is 1.19 bits per heavy atom. The molecule has 3 aromatic heterocycles. The van der Waals surface area contributed by atoms with E-state index in [-0.39, 0.29) is 22.9 Å². The third-order valence-electron chi connectivity index (χ3n) is 6.28. The number of nitrogens with zero attached hydrogens (tertiary/aromatic N) is 4. The van der Waals surface area contributed by atoms with E-state index in [4.69, 9.17) is 0 Å². The van der Waals surface area contributed by atoms with Gasteiger partial charge < -0.3 is 4.90 Å². The highest BCUT2D eigenvalue weighted by Crippen LogP contribution is 2.29. The van der Waals surface area contributed by atoms with Gasteiger partial charge in [0.2, 0.25) is 5.91 Å². The van der Waals surface area contributed by atoms with Gasteiger partial charge in [-0.25, -0.2) is 14.6 Å². The normalized spacial score (nSPS) is 17.7. The van der Waals surface area contributed by atoms with Crippen molar-refractivity contribution in [1.82, 2.24) is 29.7 Å². The number of carbonyl (C=O) groups is 1. The molecule has 4 heterocycles. The molecule has 2 unspecified atom stereocenters. The van der Waals surface area contributed by atoms with Gasteiger partial charge in [0.1, 0.15) is 0 Å². The molecule has 32 heavy (non-hydrogen) atoms. The zero-order chi connectivity index (χ0) is 22.4. The predicted molar refractivity (Wildman–Crippen MR) is 120 cm³/mol. The highest BCUT2D eigenvalue weighted by atomic mass is 16.2. The van der Waals surface area contributed by atoms with E-state index in [1.807, 2.05) is 30.0 Å². The lowest BCUT2D eigenvalue weighted by atomic mass is 9.93. The van der Waals surface area contributed by atoms with Crippen LogP contribution in [0, 0.1) is 6.92 Å². The molecule has 164 valence electrons. The number of aromatic amines is 2. The number of fused-ring (bicyclic) bond motifs is 2. The summed E-state index contributed by atoms with van der Waals surface area (Å²) in [4.78, 5) is 44.0. The van der Waals surface area contributed by atoms with Crippen molar-refractivity contribution in [1.29, 1.82) is 0 Å². The fourth-order valence-electron chi connectivity index (χ4n) is 4.63. The van der Waals surface area contributed by atoms with E-state index in [0.29, 0.717) is 40.9 Å². The van der Waals surface area contributed by atoms with Crippen LogP contribution in [-0.4, -0.2) is 48.7 Å². The number of benzene rings is 1. The molecule has 0 saturated carbocycles. The number of rotatable bonds is 3. The van der Waals surface area contributed by atoms with E-state index in [2.05, 4.69) is 20.3 Å². The van der Waals surface area contributed by atoms with Crippen LogP contribution >= 0.6 is 0 Å². The van der Waals surface area contributed by atoms with Crippen LogP contribution in [0.3, 0.4) is 0 Å². The zero-order valence-electron chi connectivity index (χ0n) is 18.0. The second-order valence-corrected chi connectivity index (χ2v) is 8.47. The Balaban J connectivity index is 1.42. The van der Waals surface area contributed by atoms with Gasteiger partial charge in [-0.1, -0.05) is 18.2 Å². The van der Waals surface area contributed by atoms with Crippen LogP contribution < -0.4 is 11.1 Å². The largest absolute Gasteiger partial charge is 0.341 e. The number of nitrogens with one attached hydrogen (secondary N) is 2. The predicted octanol–water partition coefficient (Wildman–Crippen LogP) is 2.08. The number of hydrogen-bond donors (Lipinski definition) is 2. The Bertz CT molecular complexity index is 1450. The first-order valence-electron chi connectivity index (χ1n) is 10.8. The number of aromatic nitrogens is 5. The minimum atomic E-state index is -0.495. The SMILES string of the molecule is Cc1cc(=O)n2[nH]c(C3CCCN(C(=O)C(C)c4n[nH]c(=O)c5ccccc45)C3)cc2n1. The number of H-pyrrole nitrogens is 2. The van der Waals surface area contributed by atoms with Crippen LogP contribution in [0.5, 0.6) is 0 Å². The molecular formula is C23H24N6O3. The Kier molecular flexibility index (Phi) is 4.88. The van der Waals surface area contributed by atoms with Gasteiger partial charge in [0.25, 0.3) is 11.1 Å². The number of hydrogen-bond acceptors (Lipinski definition) is 5. The van der Waals surface area contributed by atoms with Crippen molar-refractivity contribution in [3.8, 4) is 0 Å². The summed E-state index contributed by atoms with van der Waals surface area (Å²) >= 11 is 0. The van der Waals surface area contributed by atoms with Gasteiger partial charge in [0.05, 0.1) is 17.0 Å². The molecule has 9 heteroatoms. The van der Waals surface area contributed by atoms with E-state index in [1.165, 1.54) is 10.6 Å². The number of aryl methyl sites for hydroxylation is 1. The van der Waals surface area contributed by atoms with E-state index in [9.17, 15) is 14.4 Å². The molecule has 1 aliphatic heterocycles. The van der Waals surface area contributed by atoms with Gasteiger partial charge in [-0.3, -0.25) is 19.5 Å². The van der Waals surface area contributed by atoms with Crippen molar-refractivity contribution in [2.75, 3.05) is 13.1 Å². The van der Waals surface area contributed by atoms with Crippen LogP contribution in [-0.2, 0) is 4.79 Å². The highest BCUT2D eigenvalue weighted by Gasteiger charge is 2.30. The van der Waals surface area contributed by atoms with Crippen LogP contribution in [0.2, 0.25) is 0 Å². The molecule has 1 aliphatic rings. The second-order valence-electron chi connectivity index (χ2n) is 8.47. The van der Waals surface area contributed by atoms with Gasteiger partial charge in [-0.15, -0.1) is 0 Å². The first-order chi connectivity index (χ1) is 15.4. The summed E-state index contributed by atoms with van der Waals surface area (Å²) in [6.07, 6.45) is 1.78. The number of piperidine rings is 1. The minimum absolute atomic E-state index is 0.0263. The van der Waals surface area contributed by atoms with Crippen LogP contribution in [0.1, 0.15) is 48.7 Å². The molecule has 0 radical (unpaired) electrons. The average molecular weight is 432 g/mol. The summed E-state index contributed by atoms with van der Waals surface area (Å²) in [5.41, 5.74) is 2.33. The number of likely N-dealkylation sites (tertiary alicyclic amines) is 1. The van der Waals surface area contributed by atoms with Crippen molar-refractivity contribution in [2.45, 2.75) is 38.5 Å². The topological polar surface area (TPSA) is 116 Å². The maximum Gasteiger partial charge on any atom is 0.272 e. The quantitative estimate of drug-likeness (QED) is 0.514. The summed E-state index contributed by atoms with van der Waals surface area (Å²) in [5.74, 6) is -0.437. The van der Waals surface area contributed by atoms with Gasteiger partial charge in [-0.05, 0) is 32.8 Å². The summed E-state index contributed by atoms with van der Waals surface area (Å²) < 4.78 is 1.45. The van der Waals surface area contributed by atoms with Crippen molar-refractivity contribution in [2.24, 2.45) is 0 Å². The fraction of sp³-hybridized carbons (Fsp3) is 0.348. The van der Waals surface area contributed by atoms with Crippen molar-refractivity contribution < 1.29 is 4.79 Å². The molecule has 0 aliphatic carbocycles.